The van der Waals surface area contributed by atoms with E-state index in [9.17, 15) is 9.90 Å². The summed E-state index contributed by atoms with van der Waals surface area (Å²) in [7, 11) is 0. The average molecular weight is 345 g/mol. The molecule has 0 saturated heterocycles. The van der Waals surface area contributed by atoms with Crippen molar-refractivity contribution in [2.45, 2.75) is 6.10 Å². The molecular weight excluding hydrogens is 328 g/mol. The Bertz CT molecular complexity index is 777. The Kier molecular flexibility index (Phi) is 4.94. The first-order chi connectivity index (χ1) is 11.6. The van der Waals surface area contributed by atoms with E-state index in [1.54, 1.807) is 18.2 Å². The van der Waals surface area contributed by atoms with Crippen LogP contribution in [0.25, 0.3) is 0 Å². The van der Waals surface area contributed by atoms with Crippen LogP contribution in [0.5, 0.6) is 0 Å². The molecular formula is C18H17ClN2O3. The highest BCUT2D eigenvalue weighted by atomic mass is 35.5. The molecule has 0 spiro atoms. The number of aliphatic hydroxyl groups is 2. The predicted molar refractivity (Wildman–Crippen MR) is 93.8 cm³/mol. The summed E-state index contributed by atoms with van der Waals surface area (Å²) in [6.07, 6.45) is -1.02. The number of halogens is 1. The number of fused-ring (bicyclic) bond motifs is 1. The molecule has 0 bridgehead atoms. The van der Waals surface area contributed by atoms with Gasteiger partial charge in [-0.2, -0.15) is 0 Å². The second-order valence-corrected chi connectivity index (χ2v) is 5.97. The predicted octanol–water partition coefficient (Wildman–Crippen LogP) is 1.88. The Morgan fingerprint density at radius 3 is 2.67 bits per heavy atom. The molecule has 124 valence electrons. The lowest BCUT2D eigenvalue weighted by Crippen LogP contribution is -2.40. The maximum absolute atomic E-state index is 12.5. The maximum Gasteiger partial charge on any atom is 0.248 e. The van der Waals surface area contributed by atoms with Gasteiger partial charge in [0.1, 0.15) is 6.54 Å². The molecule has 1 aliphatic heterocycles. The number of aliphatic imine (C=N–C) groups is 1. The molecule has 0 radical (unpaired) electrons. The van der Waals surface area contributed by atoms with E-state index in [0.29, 0.717) is 16.4 Å². The second-order valence-electron chi connectivity index (χ2n) is 5.53. The summed E-state index contributed by atoms with van der Waals surface area (Å²) in [6, 6.07) is 14.8. The fraction of sp³-hybridized carbons (Fsp3) is 0.222. The van der Waals surface area contributed by atoms with Crippen molar-refractivity contribution in [1.29, 1.82) is 0 Å². The number of β-amino-alcohol motifs (C(OH)–C–C–N with tert-alkyl or cyclic N) is 1. The smallest absolute Gasteiger partial charge is 0.248 e. The van der Waals surface area contributed by atoms with Gasteiger partial charge in [-0.05, 0) is 18.2 Å². The number of nitrogens with zero attached hydrogens (tertiary/aromatic N) is 2. The third-order valence-corrected chi connectivity index (χ3v) is 4.06. The van der Waals surface area contributed by atoms with Gasteiger partial charge in [0.05, 0.1) is 30.7 Å². The SMILES string of the molecule is O=C1CN=C(c2ccccc2)c2cc(Cl)ccc2N1CC(O)CO. The highest BCUT2D eigenvalue weighted by Crippen LogP contribution is 2.29. The van der Waals surface area contributed by atoms with Crippen LogP contribution in [0.4, 0.5) is 5.69 Å². The molecule has 3 rings (SSSR count). The van der Waals surface area contributed by atoms with Crippen molar-refractivity contribution in [3.63, 3.8) is 0 Å². The molecule has 0 aromatic heterocycles. The summed E-state index contributed by atoms with van der Waals surface area (Å²) >= 11 is 6.15. The van der Waals surface area contributed by atoms with Crippen LogP contribution >= 0.6 is 11.6 Å². The molecule has 6 heteroatoms. The van der Waals surface area contributed by atoms with Gasteiger partial charge in [0.2, 0.25) is 5.91 Å². The monoisotopic (exact) mass is 344 g/mol. The van der Waals surface area contributed by atoms with Crippen molar-refractivity contribution in [3.8, 4) is 0 Å². The quantitative estimate of drug-likeness (QED) is 0.889. The fourth-order valence-corrected chi connectivity index (χ4v) is 2.87. The van der Waals surface area contributed by atoms with Crippen LogP contribution in [0.1, 0.15) is 11.1 Å². The van der Waals surface area contributed by atoms with Crippen LogP contribution < -0.4 is 4.90 Å². The third-order valence-electron chi connectivity index (χ3n) is 3.83. The first kappa shape index (κ1) is 16.6. The van der Waals surface area contributed by atoms with Crippen molar-refractivity contribution in [3.05, 3.63) is 64.7 Å². The molecule has 0 saturated carbocycles. The van der Waals surface area contributed by atoms with Crippen molar-refractivity contribution in [2.24, 2.45) is 4.99 Å². The van der Waals surface area contributed by atoms with E-state index < -0.39 is 12.7 Å². The lowest BCUT2D eigenvalue weighted by atomic mass is 10.00. The summed E-state index contributed by atoms with van der Waals surface area (Å²) in [4.78, 5) is 18.4. The van der Waals surface area contributed by atoms with Gasteiger partial charge in [-0.25, -0.2) is 0 Å². The van der Waals surface area contributed by atoms with Gasteiger partial charge < -0.3 is 15.1 Å². The molecule has 1 aliphatic rings. The van der Waals surface area contributed by atoms with Crippen molar-refractivity contribution in [1.82, 2.24) is 0 Å². The van der Waals surface area contributed by atoms with Crippen LogP contribution in [0, 0.1) is 0 Å². The number of aliphatic hydroxyl groups excluding tert-OH is 2. The maximum atomic E-state index is 12.5. The number of carbonyl (C=O) groups is 1. The molecule has 1 atom stereocenters. The van der Waals surface area contributed by atoms with Crippen LogP contribution in [-0.4, -0.2) is 47.6 Å². The van der Waals surface area contributed by atoms with Crippen molar-refractivity contribution in [2.75, 3.05) is 24.6 Å². The van der Waals surface area contributed by atoms with Gasteiger partial charge in [0, 0.05) is 16.1 Å². The van der Waals surface area contributed by atoms with E-state index in [4.69, 9.17) is 16.7 Å². The van der Waals surface area contributed by atoms with E-state index >= 15 is 0 Å². The number of benzodiazepines with no additional fused rings is 1. The van der Waals surface area contributed by atoms with E-state index in [1.165, 1.54) is 4.90 Å². The van der Waals surface area contributed by atoms with Crippen LogP contribution in [-0.2, 0) is 4.79 Å². The zero-order valence-corrected chi connectivity index (χ0v) is 13.6. The van der Waals surface area contributed by atoms with Crippen LogP contribution in [0.2, 0.25) is 5.02 Å². The van der Waals surface area contributed by atoms with Gasteiger partial charge in [-0.15, -0.1) is 0 Å². The minimum absolute atomic E-state index is 0.00154. The molecule has 2 N–H and O–H groups in total. The van der Waals surface area contributed by atoms with Gasteiger partial charge in [0.15, 0.2) is 0 Å². The van der Waals surface area contributed by atoms with Crippen LogP contribution in [0.3, 0.4) is 0 Å². The lowest BCUT2D eigenvalue weighted by molar-refractivity contribution is -0.117. The Balaban J connectivity index is 2.12. The highest BCUT2D eigenvalue weighted by molar-refractivity contribution is 6.32. The molecule has 0 fully saturated rings. The molecule has 1 amide bonds. The number of benzene rings is 2. The molecule has 24 heavy (non-hydrogen) atoms. The second kappa shape index (κ2) is 7.13. The molecule has 5 nitrogen and oxygen atoms in total. The molecule has 2 aromatic rings. The Hall–Kier alpha value is -2.21. The van der Waals surface area contributed by atoms with Gasteiger partial charge in [0.25, 0.3) is 0 Å². The van der Waals surface area contributed by atoms with E-state index in [0.717, 1.165) is 11.1 Å². The fourth-order valence-electron chi connectivity index (χ4n) is 2.70. The Labute approximate surface area is 144 Å². The van der Waals surface area contributed by atoms with Gasteiger partial charge in [-0.1, -0.05) is 41.9 Å². The Morgan fingerprint density at radius 1 is 1.21 bits per heavy atom. The first-order valence-corrected chi connectivity index (χ1v) is 7.97. The summed E-state index contributed by atoms with van der Waals surface area (Å²) in [5, 5.41) is 19.4. The molecule has 1 heterocycles. The number of rotatable bonds is 4. The summed E-state index contributed by atoms with van der Waals surface area (Å²) < 4.78 is 0. The topological polar surface area (TPSA) is 73.1 Å². The minimum Gasteiger partial charge on any atom is -0.394 e. The van der Waals surface area contributed by atoms with Gasteiger partial charge >= 0.3 is 0 Å². The zero-order valence-electron chi connectivity index (χ0n) is 12.9. The van der Waals surface area contributed by atoms with E-state index in [2.05, 4.69) is 4.99 Å². The van der Waals surface area contributed by atoms with E-state index in [1.807, 2.05) is 30.3 Å². The number of hydrogen-bond acceptors (Lipinski definition) is 4. The standard InChI is InChI=1S/C18H17ClN2O3/c19-13-6-7-16-15(8-13)18(12-4-2-1-3-5-12)20-9-17(24)21(16)10-14(23)11-22/h1-8,14,22-23H,9-11H2. The minimum atomic E-state index is -1.02. The lowest BCUT2D eigenvalue weighted by Gasteiger charge is -2.25. The molecule has 2 aromatic carbocycles. The average Bonchev–Trinajstić information content (AvgIpc) is 2.73. The largest absolute Gasteiger partial charge is 0.394 e. The van der Waals surface area contributed by atoms with Crippen LogP contribution in [0.15, 0.2) is 53.5 Å². The number of carbonyl (C=O) groups excluding carboxylic acids is 1. The number of anilines is 1. The van der Waals surface area contributed by atoms with Gasteiger partial charge in [-0.3, -0.25) is 9.79 Å². The molecule has 0 aliphatic carbocycles. The summed E-state index contributed by atoms with van der Waals surface area (Å²) in [5.41, 5.74) is 2.92. The molecule has 1 unspecified atom stereocenters. The summed E-state index contributed by atoms with van der Waals surface area (Å²) in [6.45, 7) is -0.449. The number of amides is 1. The highest BCUT2D eigenvalue weighted by Gasteiger charge is 2.26. The zero-order chi connectivity index (χ0) is 17.1. The Morgan fingerprint density at radius 2 is 1.96 bits per heavy atom. The third kappa shape index (κ3) is 3.33. The summed E-state index contributed by atoms with van der Waals surface area (Å²) in [5.74, 6) is -0.239. The number of hydrogen-bond donors (Lipinski definition) is 2. The first-order valence-electron chi connectivity index (χ1n) is 7.59. The normalized spacial score (nSPS) is 15.5. The van der Waals surface area contributed by atoms with Crippen molar-refractivity contribution < 1.29 is 15.0 Å². The van der Waals surface area contributed by atoms with Crippen molar-refractivity contribution >= 4 is 28.9 Å². The van der Waals surface area contributed by atoms with E-state index in [-0.39, 0.29) is 19.0 Å².